The molecule has 2 nitrogen and oxygen atoms in total. The minimum Gasteiger partial charge on any atom is -0.382 e. The summed E-state index contributed by atoms with van der Waals surface area (Å²) < 4.78 is 5.35. The third-order valence-corrected chi connectivity index (χ3v) is 3.54. The summed E-state index contributed by atoms with van der Waals surface area (Å²) >= 11 is 0. The van der Waals surface area contributed by atoms with E-state index in [1.54, 1.807) is 0 Å². The van der Waals surface area contributed by atoms with Gasteiger partial charge in [0.1, 0.15) is 0 Å². The molecule has 15 heavy (non-hydrogen) atoms. The lowest BCUT2D eigenvalue weighted by Gasteiger charge is -2.31. The lowest BCUT2D eigenvalue weighted by Crippen LogP contribution is -2.36. The molecule has 90 valence electrons. The van der Waals surface area contributed by atoms with Crippen LogP contribution in [0.25, 0.3) is 0 Å². The number of nitrogens with one attached hydrogen (secondary N) is 1. The van der Waals surface area contributed by atoms with E-state index in [0.717, 1.165) is 18.9 Å². The second-order valence-corrected chi connectivity index (χ2v) is 4.97. The summed E-state index contributed by atoms with van der Waals surface area (Å²) in [5.41, 5.74) is 0. The first-order valence-electron chi connectivity index (χ1n) is 6.52. The number of hydrogen-bond donors (Lipinski definition) is 1. The lowest BCUT2D eigenvalue weighted by molar-refractivity contribution is 0.0938. The quantitative estimate of drug-likeness (QED) is 0.669. The monoisotopic (exact) mass is 213 g/mol. The summed E-state index contributed by atoms with van der Waals surface area (Å²) in [6, 6.07) is 0.671. The normalized spacial score (nSPS) is 21.0. The summed E-state index contributed by atoms with van der Waals surface area (Å²) in [5, 5.41) is 3.65. The van der Waals surface area contributed by atoms with E-state index < -0.39 is 0 Å². The number of ether oxygens (including phenoxy) is 1. The molecule has 0 aromatic carbocycles. The number of hydrogen-bond acceptors (Lipinski definition) is 2. The summed E-state index contributed by atoms with van der Waals surface area (Å²) in [7, 11) is 1.81. The molecule has 1 aliphatic carbocycles. The van der Waals surface area contributed by atoms with Crippen molar-refractivity contribution in [1.82, 2.24) is 5.32 Å². The zero-order valence-corrected chi connectivity index (χ0v) is 10.6. The highest BCUT2D eigenvalue weighted by Crippen LogP contribution is 2.31. The predicted octanol–water partition coefficient (Wildman–Crippen LogP) is 2.97. The highest BCUT2D eigenvalue weighted by molar-refractivity contribution is 4.78. The van der Waals surface area contributed by atoms with Crippen molar-refractivity contribution in [2.45, 2.75) is 64.5 Å². The average molecular weight is 213 g/mol. The summed E-state index contributed by atoms with van der Waals surface area (Å²) in [5.74, 6) is 0.989. The summed E-state index contributed by atoms with van der Waals surface area (Å²) in [6.45, 7) is 5.54. The van der Waals surface area contributed by atoms with Crippen LogP contribution in [0.3, 0.4) is 0 Å². The van der Waals surface area contributed by atoms with Crippen molar-refractivity contribution in [2.75, 3.05) is 13.7 Å². The van der Waals surface area contributed by atoms with Crippen LogP contribution in [0.4, 0.5) is 0 Å². The van der Waals surface area contributed by atoms with E-state index in [9.17, 15) is 0 Å². The maximum absolute atomic E-state index is 5.35. The largest absolute Gasteiger partial charge is 0.382 e. The summed E-state index contributed by atoms with van der Waals surface area (Å²) in [6.07, 6.45) is 8.48. The lowest BCUT2D eigenvalue weighted by atomic mass is 9.80. The molecule has 1 N–H and O–H groups in total. The van der Waals surface area contributed by atoms with Gasteiger partial charge < -0.3 is 10.1 Å². The summed E-state index contributed by atoms with van der Waals surface area (Å²) in [4.78, 5) is 0. The van der Waals surface area contributed by atoms with Crippen molar-refractivity contribution in [3.63, 3.8) is 0 Å². The predicted molar refractivity (Wildman–Crippen MR) is 65.1 cm³/mol. The molecule has 0 bridgehead atoms. The Hall–Kier alpha value is -0.0800. The Morgan fingerprint density at radius 2 is 2.13 bits per heavy atom. The van der Waals surface area contributed by atoms with Gasteiger partial charge in [-0.3, -0.25) is 0 Å². The molecule has 0 aromatic heterocycles. The van der Waals surface area contributed by atoms with Crippen LogP contribution in [0, 0.1) is 5.92 Å². The zero-order valence-electron chi connectivity index (χ0n) is 10.6. The number of rotatable bonds is 8. The van der Waals surface area contributed by atoms with Crippen molar-refractivity contribution < 1.29 is 4.74 Å². The topological polar surface area (TPSA) is 21.3 Å². The maximum atomic E-state index is 5.35. The highest BCUT2D eigenvalue weighted by atomic mass is 16.5. The van der Waals surface area contributed by atoms with Gasteiger partial charge >= 0.3 is 0 Å². The molecule has 2 atom stereocenters. The fraction of sp³-hybridized carbons (Fsp3) is 1.00. The van der Waals surface area contributed by atoms with Crippen LogP contribution in [0.15, 0.2) is 0 Å². The third kappa shape index (κ3) is 4.98. The Labute approximate surface area is 94.8 Å². The fourth-order valence-corrected chi connectivity index (χ4v) is 2.24. The van der Waals surface area contributed by atoms with Crippen LogP contribution in [0.5, 0.6) is 0 Å². The van der Waals surface area contributed by atoms with E-state index in [-0.39, 0.29) is 0 Å². The van der Waals surface area contributed by atoms with E-state index in [1.807, 2.05) is 7.11 Å². The van der Waals surface area contributed by atoms with Crippen molar-refractivity contribution in [3.05, 3.63) is 0 Å². The zero-order chi connectivity index (χ0) is 11.1. The van der Waals surface area contributed by atoms with Crippen molar-refractivity contribution in [3.8, 4) is 0 Å². The van der Waals surface area contributed by atoms with Gasteiger partial charge in [0.05, 0.1) is 6.10 Å². The SMILES string of the molecule is CCCNC(CC1CCC1)CC(C)OC. The first-order valence-corrected chi connectivity index (χ1v) is 6.52. The molecular weight excluding hydrogens is 186 g/mol. The van der Waals surface area contributed by atoms with E-state index in [2.05, 4.69) is 19.2 Å². The van der Waals surface area contributed by atoms with Gasteiger partial charge in [-0.1, -0.05) is 26.2 Å². The van der Waals surface area contributed by atoms with Gasteiger partial charge in [-0.25, -0.2) is 0 Å². The molecule has 0 spiro atoms. The second kappa shape index (κ2) is 7.24. The molecule has 0 amide bonds. The van der Waals surface area contributed by atoms with Crippen LogP contribution in [0.2, 0.25) is 0 Å². The average Bonchev–Trinajstić information content (AvgIpc) is 2.19. The number of methoxy groups -OCH3 is 1. The van der Waals surface area contributed by atoms with Gasteiger partial charge in [-0.15, -0.1) is 0 Å². The van der Waals surface area contributed by atoms with Gasteiger partial charge in [0.15, 0.2) is 0 Å². The molecule has 1 saturated carbocycles. The Morgan fingerprint density at radius 3 is 2.60 bits per heavy atom. The van der Waals surface area contributed by atoms with Crippen molar-refractivity contribution >= 4 is 0 Å². The van der Waals surface area contributed by atoms with E-state index in [0.29, 0.717) is 12.1 Å². The smallest absolute Gasteiger partial charge is 0.0558 e. The molecule has 1 rings (SSSR count). The molecular formula is C13H27NO. The van der Waals surface area contributed by atoms with Crippen molar-refractivity contribution in [1.29, 1.82) is 0 Å². The first kappa shape index (κ1) is 13.0. The molecule has 0 aromatic rings. The van der Waals surface area contributed by atoms with E-state index >= 15 is 0 Å². The van der Waals surface area contributed by atoms with Gasteiger partial charge in [0.2, 0.25) is 0 Å². The minimum atomic E-state index is 0.388. The molecule has 1 aliphatic rings. The Balaban J connectivity index is 2.23. The van der Waals surface area contributed by atoms with Gasteiger partial charge in [-0.2, -0.15) is 0 Å². The minimum absolute atomic E-state index is 0.388. The highest BCUT2D eigenvalue weighted by Gasteiger charge is 2.22. The maximum Gasteiger partial charge on any atom is 0.0558 e. The van der Waals surface area contributed by atoms with Crippen LogP contribution in [-0.4, -0.2) is 25.8 Å². The standard InChI is InChI=1S/C13H27NO/c1-4-8-14-13(9-11(2)15-3)10-12-6-5-7-12/h11-14H,4-10H2,1-3H3. The third-order valence-electron chi connectivity index (χ3n) is 3.54. The molecule has 0 heterocycles. The molecule has 0 saturated heterocycles. The Bertz CT molecular complexity index is 150. The first-order chi connectivity index (χ1) is 7.26. The van der Waals surface area contributed by atoms with Crippen LogP contribution >= 0.6 is 0 Å². The molecule has 1 fully saturated rings. The Morgan fingerprint density at radius 1 is 1.40 bits per heavy atom. The molecule has 0 radical (unpaired) electrons. The van der Waals surface area contributed by atoms with Gasteiger partial charge in [-0.05, 0) is 38.6 Å². The molecule has 2 heteroatoms. The molecule has 2 unspecified atom stereocenters. The van der Waals surface area contributed by atoms with E-state index in [1.165, 1.54) is 32.1 Å². The fourth-order valence-electron chi connectivity index (χ4n) is 2.24. The van der Waals surface area contributed by atoms with E-state index in [4.69, 9.17) is 4.74 Å². The van der Waals surface area contributed by atoms with Crippen molar-refractivity contribution in [2.24, 2.45) is 5.92 Å². The van der Waals surface area contributed by atoms with Gasteiger partial charge in [0.25, 0.3) is 0 Å². The second-order valence-electron chi connectivity index (χ2n) is 4.97. The van der Waals surface area contributed by atoms with Crippen LogP contribution in [0.1, 0.15) is 52.4 Å². The van der Waals surface area contributed by atoms with Crippen LogP contribution < -0.4 is 5.32 Å². The van der Waals surface area contributed by atoms with Gasteiger partial charge in [0, 0.05) is 13.2 Å². The molecule has 0 aliphatic heterocycles. The van der Waals surface area contributed by atoms with Crippen LogP contribution in [-0.2, 0) is 4.74 Å². The Kier molecular flexibility index (Phi) is 6.26.